The van der Waals surface area contributed by atoms with Gasteiger partial charge in [-0.25, -0.2) is 4.99 Å². The number of rotatable bonds is 3. The van der Waals surface area contributed by atoms with E-state index < -0.39 is 5.54 Å². The highest BCUT2D eigenvalue weighted by atomic mass is 32.1. The second kappa shape index (κ2) is 5.85. The van der Waals surface area contributed by atoms with Gasteiger partial charge in [-0.1, -0.05) is 41.9 Å². The Morgan fingerprint density at radius 3 is 2.70 bits per heavy atom. The predicted octanol–water partition coefficient (Wildman–Crippen LogP) is 1.40. The minimum Gasteiger partial charge on any atom is -0.369 e. The van der Waals surface area contributed by atoms with Gasteiger partial charge in [0.05, 0.1) is 5.92 Å². The Morgan fingerprint density at radius 2 is 2.09 bits per heavy atom. The molecular weight excluding hydrogens is 305 g/mol. The van der Waals surface area contributed by atoms with Gasteiger partial charge in [0.25, 0.3) is 0 Å². The summed E-state index contributed by atoms with van der Waals surface area (Å²) in [6, 6.07) is 11.9. The third kappa shape index (κ3) is 2.79. The molecule has 1 amide bonds. The second-order valence-electron chi connectivity index (χ2n) is 6.00. The van der Waals surface area contributed by atoms with Gasteiger partial charge >= 0.3 is 0 Å². The number of nitrogens with zero attached hydrogens (tertiary/aromatic N) is 2. The number of carbonyl (C=O) groups is 1. The summed E-state index contributed by atoms with van der Waals surface area (Å²) in [5, 5.41) is 1.87. The van der Waals surface area contributed by atoms with Gasteiger partial charge in [0, 0.05) is 11.9 Å². The summed E-state index contributed by atoms with van der Waals surface area (Å²) in [6.07, 6.45) is 0.606. The summed E-state index contributed by atoms with van der Waals surface area (Å²) >= 11 is 1.52. The minimum absolute atomic E-state index is 0.0178. The average Bonchev–Trinajstić information content (AvgIpc) is 2.98. The van der Waals surface area contributed by atoms with Crippen LogP contribution in [0.1, 0.15) is 17.4 Å². The Kier molecular flexibility index (Phi) is 4.02. The lowest BCUT2D eigenvalue weighted by atomic mass is 9.78. The molecule has 23 heavy (non-hydrogen) atoms. The molecule has 0 bridgehead atoms. The van der Waals surface area contributed by atoms with E-state index in [4.69, 9.17) is 13.6 Å². The Hall–Kier alpha value is -2.08. The van der Waals surface area contributed by atoms with Crippen molar-refractivity contribution in [2.75, 3.05) is 7.05 Å². The highest BCUT2D eigenvalue weighted by molar-refractivity contribution is 7.11. The number of amides is 1. The molecule has 2 atom stereocenters. The van der Waals surface area contributed by atoms with Crippen LogP contribution in [0.25, 0.3) is 0 Å². The molecule has 2 heterocycles. The molecule has 1 aliphatic rings. The van der Waals surface area contributed by atoms with E-state index in [0.717, 1.165) is 10.4 Å². The Morgan fingerprint density at radius 1 is 1.39 bits per heavy atom. The minimum atomic E-state index is -0.703. The number of hydrogen-bond donors (Lipinski definition) is 1. The van der Waals surface area contributed by atoms with Gasteiger partial charge in [0.1, 0.15) is 13.4 Å². The van der Waals surface area contributed by atoms with Crippen LogP contribution in [0.15, 0.2) is 46.8 Å². The van der Waals surface area contributed by atoms with Crippen molar-refractivity contribution in [3.63, 3.8) is 0 Å². The maximum atomic E-state index is 12.9. The van der Waals surface area contributed by atoms with Crippen molar-refractivity contribution in [2.45, 2.75) is 18.9 Å². The molecule has 2 aromatic rings. The van der Waals surface area contributed by atoms with Crippen LogP contribution in [-0.4, -0.2) is 31.7 Å². The number of benzene rings is 1. The van der Waals surface area contributed by atoms with Crippen molar-refractivity contribution < 1.29 is 4.79 Å². The number of thiophene rings is 1. The fraction of sp³-hybridized carbons (Fsp3) is 0.294. The zero-order valence-corrected chi connectivity index (χ0v) is 14.0. The van der Waals surface area contributed by atoms with Gasteiger partial charge < -0.3 is 5.73 Å². The lowest BCUT2D eigenvalue weighted by Crippen LogP contribution is -2.54. The molecule has 2 N–H and O–H groups in total. The van der Waals surface area contributed by atoms with Crippen molar-refractivity contribution in [2.24, 2.45) is 16.6 Å². The van der Waals surface area contributed by atoms with E-state index in [1.54, 1.807) is 7.05 Å². The third-order valence-corrected chi connectivity index (χ3v) is 5.57. The quantitative estimate of drug-likeness (QED) is 0.868. The molecule has 3 rings (SSSR count). The molecule has 1 aromatic carbocycles. The molecule has 0 saturated carbocycles. The van der Waals surface area contributed by atoms with E-state index in [-0.39, 0.29) is 17.8 Å². The molecule has 1 aliphatic heterocycles. The molecule has 0 aliphatic carbocycles. The summed E-state index contributed by atoms with van der Waals surface area (Å²) in [4.78, 5) is 19.9. The second-order valence-corrected chi connectivity index (χ2v) is 6.91. The zero-order chi connectivity index (χ0) is 16.6. The maximum absolute atomic E-state index is 12.9. The first-order valence-electron chi connectivity index (χ1n) is 7.43. The van der Waals surface area contributed by atoms with Crippen molar-refractivity contribution in [3.8, 4) is 0 Å². The summed E-state index contributed by atoms with van der Waals surface area (Å²) in [5.41, 5.74) is 7.06. The Bertz CT molecular complexity index is 758. The molecular formula is C17H18BN3OS. The van der Waals surface area contributed by atoms with Gasteiger partial charge in [-0.15, -0.1) is 11.3 Å². The van der Waals surface area contributed by atoms with Crippen molar-refractivity contribution in [1.29, 1.82) is 0 Å². The van der Waals surface area contributed by atoms with Gasteiger partial charge in [0.2, 0.25) is 5.91 Å². The first-order chi connectivity index (χ1) is 10.9. The molecule has 116 valence electrons. The van der Waals surface area contributed by atoms with E-state index in [1.165, 1.54) is 16.2 Å². The van der Waals surface area contributed by atoms with Crippen LogP contribution in [0, 0.1) is 5.92 Å². The summed E-state index contributed by atoms with van der Waals surface area (Å²) in [5.74, 6) is -0.0927. The fourth-order valence-electron chi connectivity index (χ4n) is 2.96. The highest BCUT2D eigenvalue weighted by Gasteiger charge is 2.46. The summed E-state index contributed by atoms with van der Waals surface area (Å²) in [6.45, 7) is 1.96. The average molecular weight is 323 g/mol. The molecule has 0 spiro atoms. The SMILES string of the molecule is [B]c1csc([C@@]2(C)N=C(N)N(C)C(=O)[C@@H]2Cc2ccccc2)c1. The van der Waals surface area contributed by atoms with E-state index in [0.29, 0.717) is 11.9 Å². The first-order valence-corrected chi connectivity index (χ1v) is 8.31. The topological polar surface area (TPSA) is 58.7 Å². The van der Waals surface area contributed by atoms with E-state index >= 15 is 0 Å². The highest BCUT2D eigenvalue weighted by Crippen LogP contribution is 2.41. The molecule has 0 saturated heterocycles. The van der Waals surface area contributed by atoms with Crippen molar-refractivity contribution >= 4 is 36.5 Å². The monoisotopic (exact) mass is 323 g/mol. The fourth-order valence-corrected chi connectivity index (χ4v) is 3.92. The zero-order valence-electron chi connectivity index (χ0n) is 13.2. The molecule has 0 fully saturated rings. The van der Waals surface area contributed by atoms with Crippen molar-refractivity contribution in [3.05, 3.63) is 52.2 Å². The number of guanidine groups is 1. The lowest BCUT2D eigenvalue weighted by Gasteiger charge is -2.40. The van der Waals surface area contributed by atoms with Gasteiger partial charge in [-0.05, 0) is 24.3 Å². The summed E-state index contributed by atoms with van der Waals surface area (Å²) < 4.78 is 0. The van der Waals surface area contributed by atoms with Crippen LogP contribution in [0.5, 0.6) is 0 Å². The number of nitrogens with two attached hydrogens (primary N) is 1. The smallest absolute Gasteiger partial charge is 0.235 e. The van der Waals surface area contributed by atoms with Gasteiger partial charge in [-0.2, -0.15) is 0 Å². The molecule has 0 unspecified atom stereocenters. The van der Waals surface area contributed by atoms with E-state index in [9.17, 15) is 4.79 Å². The predicted molar refractivity (Wildman–Crippen MR) is 95.1 cm³/mol. The van der Waals surface area contributed by atoms with Crippen LogP contribution in [0.3, 0.4) is 0 Å². The first kappa shape index (κ1) is 15.8. The molecule has 1 aromatic heterocycles. The van der Waals surface area contributed by atoms with Crippen molar-refractivity contribution in [1.82, 2.24) is 4.90 Å². The van der Waals surface area contributed by atoms with Crippen LogP contribution < -0.4 is 11.2 Å². The van der Waals surface area contributed by atoms with Crippen LogP contribution in [0.2, 0.25) is 0 Å². The molecule has 2 radical (unpaired) electrons. The number of hydrogen-bond acceptors (Lipinski definition) is 4. The normalized spacial score (nSPS) is 24.6. The van der Waals surface area contributed by atoms with E-state index in [1.807, 2.05) is 48.7 Å². The lowest BCUT2D eigenvalue weighted by molar-refractivity contribution is -0.134. The Balaban J connectivity index is 2.07. The maximum Gasteiger partial charge on any atom is 0.235 e. The van der Waals surface area contributed by atoms with Crippen LogP contribution >= 0.6 is 11.3 Å². The number of aliphatic imine (C=N–C) groups is 1. The molecule has 6 heteroatoms. The third-order valence-electron chi connectivity index (χ3n) is 4.40. The Labute approximate surface area is 141 Å². The van der Waals surface area contributed by atoms with Gasteiger partial charge in [-0.3, -0.25) is 9.69 Å². The van der Waals surface area contributed by atoms with Crippen LogP contribution in [0.4, 0.5) is 0 Å². The molecule has 4 nitrogen and oxygen atoms in total. The summed E-state index contributed by atoms with van der Waals surface area (Å²) in [7, 11) is 7.54. The van der Waals surface area contributed by atoms with Gasteiger partial charge in [0.15, 0.2) is 5.96 Å². The van der Waals surface area contributed by atoms with E-state index in [2.05, 4.69) is 4.99 Å². The largest absolute Gasteiger partial charge is 0.369 e. The number of carbonyl (C=O) groups excluding carboxylic acids is 1. The van der Waals surface area contributed by atoms with Crippen LogP contribution in [-0.2, 0) is 16.8 Å². The standard InChI is InChI=1S/C17H18BN3OS/c1-17(14-9-12(18)10-23-14)13(8-11-6-4-3-5-7-11)15(22)21(2)16(19)20-17/h3-7,9-10,13H,8H2,1-2H3,(H2,19,20)/t13-,17-/m0/s1.